The van der Waals surface area contributed by atoms with Crippen LogP contribution >= 0.6 is 0 Å². The van der Waals surface area contributed by atoms with E-state index in [0.29, 0.717) is 6.54 Å². The fourth-order valence-corrected chi connectivity index (χ4v) is 4.17. The Labute approximate surface area is 181 Å². The van der Waals surface area contributed by atoms with Crippen LogP contribution in [-0.2, 0) is 4.74 Å². The Morgan fingerprint density at radius 3 is 2.71 bits per heavy atom. The van der Waals surface area contributed by atoms with Gasteiger partial charge in [-0.15, -0.1) is 0 Å². The topological polar surface area (TPSA) is 95.4 Å². The Hall–Kier alpha value is -2.81. The number of aromatic nitrogens is 3. The number of morpholine rings is 1. The molecule has 1 atom stereocenters. The maximum Gasteiger partial charge on any atom is 0.154 e. The number of hydrogen-bond donors (Lipinski definition) is 3. The van der Waals surface area contributed by atoms with Crippen LogP contribution in [0.2, 0.25) is 0 Å². The van der Waals surface area contributed by atoms with Crippen LogP contribution in [-0.4, -0.2) is 71.6 Å². The summed E-state index contributed by atoms with van der Waals surface area (Å²) in [5, 5.41) is 16.5. The Morgan fingerprint density at radius 1 is 1.13 bits per heavy atom. The third kappa shape index (κ3) is 4.61. The molecule has 2 fully saturated rings. The maximum absolute atomic E-state index is 9.74. The van der Waals surface area contributed by atoms with E-state index in [9.17, 15) is 5.11 Å². The first-order valence-corrected chi connectivity index (χ1v) is 11.0. The zero-order chi connectivity index (χ0) is 21.0. The Morgan fingerprint density at radius 2 is 1.94 bits per heavy atom. The lowest BCUT2D eigenvalue weighted by Gasteiger charge is -2.31. The Bertz CT molecular complexity index is 1010. The second-order valence-electron chi connectivity index (χ2n) is 8.12. The first-order valence-electron chi connectivity index (χ1n) is 11.0. The van der Waals surface area contributed by atoms with E-state index in [1.165, 1.54) is 5.69 Å². The number of aliphatic hydroxyl groups is 1. The third-order valence-electron chi connectivity index (χ3n) is 5.95. The zero-order valence-corrected chi connectivity index (χ0v) is 17.5. The van der Waals surface area contributed by atoms with Crippen LogP contribution in [0.3, 0.4) is 0 Å². The van der Waals surface area contributed by atoms with Crippen molar-refractivity contribution in [2.45, 2.75) is 25.0 Å². The molecule has 2 aliphatic heterocycles. The number of nitrogens with zero attached hydrogens (tertiary/aromatic N) is 4. The van der Waals surface area contributed by atoms with Crippen LogP contribution in [0.4, 0.5) is 11.5 Å². The van der Waals surface area contributed by atoms with E-state index in [1.807, 2.05) is 6.07 Å². The number of pyridine rings is 1. The molecule has 5 rings (SSSR count). The molecule has 0 radical (unpaired) electrons. The van der Waals surface area contributed by atoms with E-state index in [2.05, 4.69) is 49.8 Å². The van der Waals surface area contributed by atoms with Crippen LogP contribution in [0, 0.1) is 0 Å². The molecule has 0 saturated carbocycles. The van der Waals surface area contributed by atoms with Crippen molar-refractivity contribution < 1.29 is 9.84 Å². The highest BCUT2D eigenvalue weighted by Crippen LogP contribution is 2.28. The van der Waals surface area contributed by atoms with Crippen LogP contribution in [0.25, 0.3) is 22.3 Å². The SMILES string of the molecule is OC1CCN(c2ccc(-c3cc4nccnc4c(NC[C@@H]4CNCCO4)n3)cc2)CC1. The van der Waals surface area contributed by atoms with Gasteiger partial charge >= 0.3 is 0 Å². The number of anilines is 2. The van der Waals surface area contributed by atoms with Gasteiger partial charge in [0.15, 0.2) is 5.82 Å². The number of hydrogen-bond acceptors (Lipinski definition) is 8. The van der Waals surface area contributed by atoms with Crippen molar-refractivity contribution in [3.63, 3.8) is 0 Å². The summed E-state index contributed by atoms with van der Waals surface area (Å²) in [6.07, 6.45) is 4.98. The number of nitrogens with one attached hydrogen (secondary N) is 2. The molecule has 0 unspecified atom stereocenters. The van der Waals surface area contributed by atoms with Gasteiger partial charge in [0.1, 0.15) is 5.52 Å². The van der Waals surface area contributed by atoms with E-state index >= 15 is 0 Å². The average Bonchev–Trinajstić information content (AvgIpc) is 2.83. The van der Waals surface area contributed by atoms with Crippen molar-refractivity contribution in [2.75, 3.05) is 49.5 Å². The van der Waals surface area contributed by atoms with Crippen LogP contribution in [0.5, 0.6) is 0 Å². The highest BCUT2D eigenvalue weighted by Gasteiger charge is 2.18. The fourth-order valence-electron chi connectivity index (χ4n) is 4.17. The summed E-state index contributed by atoms with van der Waals surface area (Å²) in [5.74, 6) is 0.726. The molecule has 0 aliphatic carbocycles. The molecule has 162 valence electrons. The first kappa shape index (κ1) is 20.1. The molecule has 3 aromatic rings. The zero-order valence-electron chi connectivity index (χ0n) is 17.5. The van der Waals surface area contributed by atoms with Crippen molar-refractivity contribution in [2.24, 2.45) is 0 Å². The molecule has 0 bridgehead atoms. The lowest BCUT2D eigenvalue weighted by Crippen LogP contribution is -2.42. The fraction of sp³-hybridized carbons (Fsp3) is 0.435. The first-order chi connectivity index (χ1) is 15.3. The molecule has 8 nitrogen and oxygen atoms in total. The van der Waals surface area contributed by atoms with Crippen molar-refractivity contribution in [1.82, 2.24) is 20.3 Å². The molecular weight excluding hydrogens is 392 g/mol. The maximum atomic E-state index is 9.74. The van der Waals surface area contributed by atoms with Gasteiger partial charge in [-0.3, -0.25) is 4.98 Å². The van der Waals surface area contributed by atoms with E-state index in [-0.39, 0.29) is 12.2 Å². The molecule has 0 amide bonds. The number of piperidine rings is 1. The summed E-state index contributed by atoms with van der Waals surface area (Å²) >= 11 is 0. The van der Waals surface area contributed by atoms with Gasteiger partial charge in [0.2, 0.25) is 0 Å². The molecule has 3 N–H and O–H groups in total. The van der Waals surface area contributed by atoms with E-state index in [4.69, 9.17) is 9.72 Å². The minimum absolute atomic E-state index is 0.105. The number of fused-ring (bicyclic) bond motifs is 1. The van der Waals surface area contributed by atoms with E-state index in [1.54, 1.807) is 12.4 Å². The van der Waals surface area contributed by atoms with Crippen LogP contribution in [0.1, 0.15) is 12.8 Å². The predicted molar refractivity (Wildman–Crippen MR) is 121 cm³/mol. The lowest BCUT2D eigenvalue weighted by atomic mass is 10.1. The number of rotatable bonds is 5. The van der Waals surface area contributed by atoms with Gasteiger partial charge in [0.25, 0.3) is 0 Å². The van der Waals surface area contributed by atoms with Crippen molar-refractivity contribution >= 4 is 22.5 Å². The number of ether oxygens (including phenoxy) is 1. The number of benzene rings is 1. The smallest absolute Gasteiger partial charge is 0.154 e. The monoisotopic (exact) mass is 420 g/mol. The molecule has 2 saturated heterocycles. The third-order valence-corrected chi connectivity index (χ3v) is 5.95. The summed E-state index contributed by atoms with van der Waals surface area (Å²) in [5.41, 5.74) is 4.65. The molecule has 1 aromatic carbocycles. The molecule has 2 aromatic heterocycles. The molecule has 8 heteroatoms. The van der Waals surface area contributed by atoms with Gasteiger partial charge in [0.05, 0.1) is 30.0 Å². The summed E-state index contributed by atoms with van der Waals surface area (Å²) in [4.78, 5) is 16.2. The molecule has 0 spiro atoms. The second-order valence-corrected chi connectivity index (χ2v) is 8.12. The summed E-state index contributed by atoms with van der Waals surface area (Å²) in [7, 11) is 0. The molecule has 31 heavy (non-hydrogen) atoms. The number of aliphatic hydroxyl groups excluding tert-OH is 1. The Kier molecular flexibility index (Phi) is 5.93. The minimum atomic E-state index is -0.167. The van der Waals surface area contributed by atoms with Crippen molar-refractivity contribution in [3.8, 4) is 11.3 Å². The predicted octanol–water partition coefficient (Wildman–Crippen LogP) is 2.05. The van der Waals surface area contributed by atoms with Gasteiger partial charge < -0.3 is 25.4 Å². The van der Waals surface area contributed by atoms with E-state index in [0.717, 1.165) is 73.7 Å². The van der Waals surface area contributed by atoms with Crippen LogP contribution in [0.15, 0.2) is 42.7 Å². The highest BCUT2D eigenvalue weighted by molar-refractivity contribution is 5.88. The minimum Gasteiger partial charge on any atom is -0.393 e. The van der Waals surface area contributed by atoms with Gasteiger partial charge in [-0.05, 0) is 31.0 Å². The molecule has 4 heterocycles. The highest BCUT2D eigenvalue weighted by atomic mass is 16.5. The normalized spacial score (nSPS) is 20.2. The summed E-state index contributed by atoms with van der Waals surface area (Å²) in [6.45, 7) is 4.88. The Balaban J connectivity index is 1.39. The van der Waals surface area contributed by atoms with Gasteiger partial charge in [-0.25, -0.2) is 9.97 Å². The van der Waals surface area contributed by atoms with E-state index < -0.39 is 0 Å². The molecular formula is C23H28N6O2. The molecule has 2 aliphatic rings. The summed E-state index contributed by atoms with van der Waals surface area (Å²) < 4.78 is 5.79. The lowest BCUT2D eigenvalue weighted by molar-refractivity contribution is 0.0372. The standard InChI is InChI=1S/C23H28N6O2/c30-18-5-10-29(11-6-18)17-3-1-16(2-4-17)20-13-21-22(26-8-7-25-21)23(28-20)27-15-19-14-24-9-12-31-19/h1-4,7-8,13,18-19,24,30H,5-6,9-12,14-15H2,(H,27,28)/t19-/m0/s1. The van der Waals surface area contributed by atoms with Gasteiger partial charge in [-0.1, -0.05) is 12.1 Å². The van der Waals surface area contributed by atoms with Gasteiger partial charge in [0, 0.05) is 56.4 Å². The summed E-state index contributed by atoms with van der Waals surface area (Å²) in [6, 6.07) is 10.4. The van der Waals surface area contributed by atoms with Crippen molar-refractivity contribution in [3.05, 3.63) is 42.7 Å². The van der Waals surface area contributed by atoms with Gasteiger partial charge in [-0.2, -0.15) is 0 Å². The average molecular weight is 421 g/mol. The van der Waals surface area contributed by atoms with Crippen molar-refractivity contribution in [1.29, 1.82) is 0 Å². The quantitative estimate of drug-likeness (QED) is 0.577. The second kappa shape index (κ2) is 9.13. The van der Waals surface area contributed by atoms with Crippen LogP contribution < -0.4 is 15.5 Å². The largest absolute Gasteiger partial charge is 0.393 e.